The Hall–Kier alpha value is -1.04. The number of hydrogen-bond acceptors (Lipinski definition) is 4. The molecule has 0 aromatic rings. The van der Waals surface area contributed by atoms with Gasteiger partial charge in [-0.05, 0) is 19.8 Å². The van der Waals surface area contributed by atoms with Crippen molar-refractivity contribution in [1.29, 1.82) is 0 Å². The Morgan fingerprint density at radius 2 is 1.94 bits per heavy atom. The van der Waals surface area contributed by atoms with E-state index in [1.807, 2.05) is 0 Å². The highest BCUT2D eigenvalue weighted by Crippen LogP contribution is 2.27. The van der Waals surface area contributed by atoms with Crippen LogP contribution in [0.15, 0.2) is 0 Å². The molecule has 92 valence electrons. The van der Waals surface area contributed by atoms with Gasteiger partial charge in [-0.15, -0.1) is 0 Å². The molecular formula is C10H14F2O4. The third kappa shape index (κ3) is 2.75. The molecule has 0 aromatic carbocycles. The largest absolute Gasteiger partial charge is 0.461 e. The van der Waals surface area contributed by atoms with E-state index in [9.17, 15) is 18.4 Å². The maximum atomic E-state index is 13.3. The molecule has 4 nitrogen and oxygen atoms in total. The summed E-state index contributed by atoms with van der Waals surface area (Å²) >= 11 is 0. The number of halogens is 2. The highest BCUT2D eigenvalue weighted by Gasteiger charge is 2.51. The molecule has 0 amide bonds. The maximum absolute atomic E-state index is 13.3. The molecule has 1 fully saturated rings. The lowest BCUT2D eigenvalue weighted by molar-refractivity contribution is -0.179. The maximum Gasteiger partial charge on any atom is 0.400 e. The second kappa shape index (κ2) is 5.34. The Bertz CT molecular complexity index is 272. The molecule has 0 N–H and O–H groups in total. The van der Waals surface area contributed by atoms with Gasteiger partial charge in [-0.1, -0.05) is 0 Å². The molecule has 1 rings (SSSR count). The average molecular weight is 236 g/mol. The highest BCUT2D eigenvalue weighted by atomic mass is 19.3. The quantitative estimate of drug-likeness (QED) is 0.543. The van der Waals surface area contributed by atoms with Gasteiger partial charge in [0.1, 0.15) is 0 Å². The van der Waals surface area contributed by atoms with Crippen molar-refractivity contribution in [3.05, 3.63) is 0 Å². The Kier molecular flexibility index (Phi) is 4.35. The van der Waals surface area contributed by atoms with Crippen LogP contribution >= 0.6 is 0 Å². The summed E-state index contributed by atoms with van der Waals surface area (Å²) in [6.07, 6.45) is 0.460. The molecule has 0 radical (unpaired) electrons. The molecule has 6 heteroatoms. The van der Waals surface area contributed by atoms with Crippen LogP contribution in [0.4, 0.5) is 8.78 Å². The summed E-state index contributed by atoms with van der Waals surface area (Å²) < 4.78 is 35.8. The number of ketones is 1. The minimum atomic E-state index is -4.03. The van der Waals surface area contributed by atoms with E-state index >= 15 is 0 Å². The number of carbonyl (C=O) groups is 2. The van der Waals surface area contributed by atoms with Crippen molar-refractivity contribution < 1.29 is 27.8 Å². The second-order valence-corrected chi connectivity index (χ2v) is 3.55. The first-order valence-corrected chi connectivity index (χ1v) is 5.17. The van der Waals surface area contributed by atoms with Crippen LogP contribution in [-0.2, 0) is 19.1 Å². The van der Waals surface area contributed by atoms with Gasteiger partial charge in [0, 0.05) is 19.1 Å². The topological polar surface area (TPSA) is 52.6 Å². The summed E-state index contributed by atoms with van der Waals surface area (Å²) in [7, 11) is 0. The van der Waals surface area contributed by atoms with Crippen molar-refractivity contribution in [2.75, 3.05) is 19.8 Å². The summed E-state index contributed by atoms with van der Waals surface area (Å²) in [4.78, 5) is 22.4. The average Bonchev–Trinajstić information content (AvgIpc) is 2.29. The molecule has 0 aromatic heterocycles. The number of rotatable bonds is 4. The third-order valence-corrected chi connectivity index (χ3v) is 2.43. The Morgan fingerprint density at radius 1 is 1.38 bits per heavy atom. The number of ether oxygens (including phenoxy) is 2. The molecule has 0 bridgehead atoms. The molecule has 16 heavy (non-hydrogen) atoms. The van der Waals surface area contributed by atoms with Gasteiger partial charge in [0.15, 0.2) is 0 Å². The van der Waals surface area contributed by atoms with E-state index in [0.717, 1.165) is 0 Å². The number of alkyl halides is 2. The number of hydrogen-bond donors (Lipinski definition) is 0. The van der Waals surface area contributed by atoms with E-state index in [0.29, 0.717) is 0 Å². The molecular weight excluding hydrogens is 222 g/mol. The van der Waals surface area contributed by atoms with Crippen molar-refractivity contribution in [1.82, 2.24) is 0 Å². The van der Waals surface area contributed by atoms with Crippen molar-refractivity contribution >= 4 is 11.8 Å². The lowest BCUT2D eigenvalue weighted by Gasteiger charge is -2.23. The van der Waals surface area contributed by atoms with E-state index in [1.165, 1.54) is 6.92 Å². The SMILES string of the molecule is CCOC(=O)C(F)(F)C(=O)C1CCOCC1. The molecule has 0 atom stereocenters. The number of Topliss-reactive ketones (excluding diaryl/α,β-unsaturated/α-hetero) is 1. The van der Waals surface area contributed by atoms with Gasteiger partial charge in [0.2, 0.25) is 5.78 Å². The Morgan fingerprint density at radius 3 is 2.44 bits per heavy atom. The van der Waals surface area contributed by atoms with Crippen molar-refractivity contribution in [3.8, 4) is 0 Å². The van der Waals surface area contributed by atoms with E-state index in [1.54, 1.807) is 0 Å². The molecule has 0 saturated carbocycles. The normalized spacial score (nSPS) is 18.2. The van der Waals surface area contributed by atoms with Gasteiger partial charge in [-0.25, -0.2) is 4.79 Å². The van der Waals surface area contributed by atoms with Gasteiger partial charge >= 0.3 is 11.9 Å². The highest BCUT2D eigenvalue weighted by molar-refractivity contribution is 6.06. The first-order chi connectivity index (χ1) is 7.50. The van der Waals surface area contributed by atoms with Gasteiger partial charge < -0.3 is 9.47 Å². The number of esters is 1. The predicted molar refractivity (Wildman–Crippen MR) is 50.1 cm³/mol. The Labute approximate surface area is 91.9 Å². The summed E-state index contributed by atoms with van der Waals surface area (Å²) in [5.74, 6) is -7.95. The third-order valence-electron chi connectivity index (χ3n) is 2.43. The molecule has 0 unspecified atom stereocenters. The zero-order chi connectivity index (χ0) is 12.2. The molecule has 1 aliphatic heterocycles. The fourth-order valence-corrected chi connectivity index (χ4v) is 1.54. The minimum Gasteiger partial charge on any atom is -0.461 e. The molecule has 1 aliphatic rings. The second-order valence-electron chi connectivity index (χ2n) is 3.55. The summed E-state index contributed by atoms with van der Waals surface area (Å²) in [5, 5.41) is 0. The fraction of sp³-hybridized carbons (Fsp3) is 0.800. The van der Waals surface area contributed by atoms with E-state index in [2.05, 4.69) is 4.74 Å². The van der Waals surface area contributed by atoms with Gasteiger partial charge in [0.05, 0.1) is 6.61 Å². The van der Waals surface area contributed by atoms with Gasteiger partial charge in [0.25, 0.3) is 0 Å². The standard InChI is InChI=1S/C10H14F2O4/c1-2-16-9(14)10(11,12)8(13)7-3-5-15-6-4-7/h7H,2-6H2,1H3. The van der Waals surface area contributed by atoms with E-state index in [4.69, 9.17) is 4.74 Å². The lowest BCUT2D eigenvalue weighted by atomic mass is 9.92. The summed E-state index contributed by atoms with van der Waals surface area (Å²) in [6.45, 7) is 1.78. The van der Waals surface area contributed by atoms with Gasteiger partial charge in [-0.2, -0.15) is 8.78 Å². The molecule has 0 spiro atoms. The summed E-state index contributed by atoms with van der Waals surface area (Å²) in [6, 6.07) is 0. The van der Waals surface area contributed by atoms with Crippen LogP contribution in [0.5, 0.6) is 0 Å². The zero-order valence-electron chi connectivity index (χ0n) is 9.00. The van der Waals surface area contributed by atoms with Crippen LogP contribution in [0, 0.1) is 5.92 Å². The molecule has 1 heterocycles. The van der Waals surface area contributed by atoms with Gasteiger partial charge in [-0.3, -0.25) is 4.79 Å². The monoisotopic (exact) mass is 236 g/mol. The van der Waals surface area contributed by atoms with E-state index < -0.39 is 23.6 Å². The molecule has 0 aliphatic carbocycles. The Balaban J connectivity index is 2.66. The van der Waals surface area contributed by atoms with Crippen molar-refractivity contribution in [3.63, 3.8) is 0 Å². The van der Waals surface area contributed by atoms with Crippen molar-refractivity contribution in [2.45, 2.75) is 25.7 Å². The van der Waals surface area contributed by atoms with Crippen LogP contribution in [0.3, 0.4) is 0 Å². The predicted octanol–water partition coefficient (Wildman–Crippen LogP) is 1.18. The smallest absolute Gasteiger partial charge is 0.400 e. The van der Waals surface area contributed by atoms with E-state index in [-0.39, 0.29) is 32.7 Å². The lowest BCUT2D eigenvalue weighted by Crippen LogP contribution is -2.44. The minimum absolute atomic E-state index is 0.171. The first kappa shape index (κ1) is 13.0. The zero-order valence-corrected chi connectivity index (χ0v) is 9.00. The van der Waals surface area contributed by atoms with Crippen LogP contribution in [0.2, 0.25) is 0 Å². The van der Waals surface area contributed by atoms with Crippen LogP contribution < -0.4 is 0 Å². The molecule has 1 saturated heterocycles. The van der Waals surface area contributed by atoms with Crippen molar-refractivity contribution in [2.24, 2.45) is 5.92 Å². The number of carbonyl (C=O) groups excluding carboxylic acids is 2. The first-order valence-electron chi connectivity index (χ1n) is 5.17. The van der Waals surface area contributed by atoms with Crippen LogP contribution in [0.25, 0.3) is 0 Å². The van der Waals surface area contributed by atoms with Crippen LogP contribution in [0.1, 0.15) is 19.8 Å². The summed E-state index contributed by atoms with van der Waals surface area (Å²) in [5.41, 5.74) is 0. The fourth-order valence-electron chi connectivity index (χ4n) is 1.54. The van der Waals surface area contributed by atoms with Crippen LogP contribution in [-0.4, -0.2) is 37.5 Å².